The summed E-state index contributed by atoms with van der Waals surface area (Å²) in [7, 11) is 1.88. The summed E-state index contributed by atoms with van der Waals surface area (Å²) in [5, 5.41) is 14.6. The van der Waals surface area contributed by atoms with E-state index in [-0.39, 0.29) is 11.9 Å². The second-order valence-corrected chi connectivity index (χ2v) is 6.88. The summed E-state index contributed by atoms with van der Waals surface area (Å²) in [6.45, 7) is 0.779. The normalized spacial score (nSPS) is 19.6. The van der Waals surface area contributed by atoms with Crippen molar-refractivity contribution < 1.29 is 14.3 Å². The molecule has 0 bridgehead atoms. The van der Waals surface area contributed by atoms with Gasteiger partial charge in [-0.05, 0) is 37.0 Å². The van der Waals surface area contributed by atoms with Crippen molar-refractivity contribution in [3.63, 3.8) is 0 Å². The highest BCUT2D eigenvalue weighted by molar-refractivity contribution is 5.76. The molecule has 1 N–H and O–H groups in total. The predicted molar refractivity (Wildman–Crippen MR) is 93.8 cm³/mol. The van der Waals surface area contributed by atoms with Crippen LogP contribution < -0.4 is 0 Å². The van der Waals surface area contributed by atoms with Gasteiger partial charge < -0.3 is 14.4 Å². The molecular weight excluding hydrogens is 318 g/mol. The molecule has 1 fully saturated rings. The average Bonchev–Trinajstić information content (AvgIpc) is 3.22. The second-order valence-electron chi connectivity index (χ2n) is 6.88. The summed E-state index contributed by atoms with van der Waals surface area (Å²) in [4.78, 5) is 14.8. The molecule has 2 aromatic rings. The number of carbonyl (C=O) groups excluding carboxylic acids is 1. The van der Waals surface area contributed by atoms with Gasteiger partial charge in [0.25, 0.3) is 0 Å². The second kappa shape index (κ2) is 8.34. The van der Waals surface area contributed by atoms with Crippen LogP contribution in [0.2, 0.25) is 0 Å². The van der Waals surface area contributed by atoms with E-state index in [1.165, 1.54) is 0 Å². The third-order valence-corrected chi connectivity index (χ3v) is 4.95. The summed E-state index contributed by atoms with van der Waals surface area (Å²) in [6, 6.07) is 3.64. The molecule has 2 atom stereocenters. The molecule has 2 aromatic heterocycles. The van der Waals surface area contributed by atoms with Crippen molar-refractivity contribution in [2.45, 2.75) is 57.1 Å². The smallest absolute Gasteiger partial charge is 0.223 e. The van der Waals surface area contributed by atoms with Crippen LogP contribution in [0.1, 0.15) is 56.0 Å². The van der Waals surface area contributed by atoms with Crippen molar-refractivity contribution in [1.82, 2.24) is 14.7 Å². The zero-order valence-corrected chi connectivity index (χ0v) is 14.8. The molecule has 3 rings (SSSR count). The van der Waals surface area contributed by atoms with Crippen LogP contribution in [0.25, 0.3) is 0 Å². The summed E-state index contributed by atoms with van der Waals surface area (Å²) >= 11 is 0. The number of hydrogen-bond acceptors (Lipinski definition) is 4. The zero-order valence-electron chi connectivity index (χ0n) is 14.8. The summed E-state index contributed by atoms with van der Waals surface area (Å²) < 4.78 is 7.07. The fourth-order valence-corrected chi connectivity index (χ4v) is 3.60. The monoisotopic (exact) mass is 345 g/mol. The maximum atomic E-state index is 12.8. The van der Waals surface area contributed by atoms with Crippen LogP contribution in [-0.2, 0) is 18.3 Å². The maximum absolute atomic E-state index is 12.8. The number of carbonyl (C=O) groups is 1. The number of rotatable bonds is 6. The highest BCUT2D eigenvalue weighted by Gasteiger charge is 2.28. The number of furan rings is 1. The van der Waals surface area contributed by atoms with Gasteiger partial charge in [-0.15, -0.1) is 0 Å². The van der Waals surface area contributed by atoms with E-state index < -0.39 is 6.10 Å². The number of aromatic nitrogens is 2. The van der Waals surface area contributed by atoms with Crippen LogP contribution in [0.4, 0.5) is 0 Å². The topological polar surface area (TPSA) is 71.5 Å². The summed E-state index contributed by atoms with van der Waals surface area (Å²) in [5.74, 6) is 0.745. The van der Waals surface area contributed by atoms with Crippen molar-refractivity contribution in [1.29, 1.82) is 0 Å². The lowest BCUT2D eigenvalue weighted by Crippen LogP contribution is -2.41. The van der Waals surface area contributed by atoms with Gasteiger partial charge in [0, 0.05) is 38.7 Å². The van der Waals surface area contributed by atoms with Gasteiger partial charge in [0.1, 0.15) is 11.9 Å². The molecule has 0 radical (unpaired) electrons. The average molecular weight is 345 g/mol. The van der Waals surface area contributed by atoms with E-state index in [2.05, 4.69) is 5.10 Å². The van der Waals surface area contributed by atoms with E-state index in [9.17, 15) is 9.90 Å². The fraction of sp³-hybridized carbons (Fsp3) is 0.579. The highest BCUT2D eigenvalue weighted by Crippen LogP contribution is 2.27. The molecule has 1 aliphatic heterocycles. The third-order valence-electron chi connectivity index (χ3n) is 4.95. The number of aliphatic hydroxyl groups excluding tert-OH is 1. The van der Waals surface area contributed by atoms with Crippen molar-refractivity contribution in [2.75, 3.05) is 6.54 Å². The quantitative estimate of drug-likeness (QED) is 0.874. The molecule has 0 aliphatic carbocycles. The largest absolute Gasteiger partial charge is 0.467 e. The molecule has 1 amide bonds. The molecule has 6 heteroatoms. The molecule has 1 aliphatic rings. The molecule has 6 nitrogen and oxygen atoms in total. The first-order valence-electron chi connectivity index (χ1n) is 9.12. The van der Waals surface area contributed by atoms with Gasteiger partial charge in [0.2, 0.25) is 5.91 Å². The molecule has 0 aromatic carbocycles. The van der Waals surface area contributed by atoms with Crippen LogP contribution in [-0.4, -0.2) is 38.3 Å². The molecule has 1 saturated heterocycles. The lowest BCUT2D eigenvalue weighted by atomic mass is 10.0. The number of aliphatic hydroxyl groups is 1. The van der Waals surface area contributed by atoms with Crippen LogP contribution in [0, 0.1) is 0 Å². The number of likely N-dealkylation sites (tertiary alicyclic amines) is 1. The molecular formula is C19H27N3O3. The zero-order chi connectivity index (χ0) is 17.6. The molecule has 25 heavy (non-hydrogen) atoms. The van der Waals surface area contributed by atoms with Gasteiger partial charge in [-0.3, -0.25) is 9.48 Å². The van der Waals surface area contributed by atoms with Crippen LogP contribution in [0.5, 0.6) is 0 Å². The first-order valence-corrected chi connectivity index (χ1v) is 9.12. The first kappa shape index (κ1) is 17.7. The molecule has 0 saturated carbocycles. The number of aryl methyl sites for hydroxylation is 2. The van der Waals surface area contributed by atoms with E-state index >= 15 is 0 Å². The minimum atomic E-state index is -0.660. The highest BCUT2D eigenvalue weighted by atomic mass is 16.4. The number of nitrogens with zero attached hydrogens (tertiary/aromatic N) is 3. The van der Waals surface area contributed by atoms with Gasteiger partial charge >= 0.3 is 0 Å². The molecule has 0 spiro atoms. The van der Waals surface area contributed by atoms with Crippen LogP contribution in [0.15, 0.2) is 35.2 Å². The summed E-state index contributed by atoms with van der Waals surface area (Å²) in [5.41, 5.74) is 1.08. The van der Waals surface area contributed by atoms with Gasteiger partial charge in [-0.1, -0.05) is 12.8 Å². The minimum absolute atomic E-state index is 0.0731. The maximum Gasteiger partial charge on any atom is 0.223 e. The molecule has 2 unspecified atom stereocenters. The Labute approximate surface area is 148 Å². The van der Waals surface area contributed by atoms with Crippen molar-refractivity contribution in [3.8, 4) is 0 Å². The number of amides is 1. The Balaban J connectivity index is 1.61. The van der Waals surface area contributed by atoms with E-state index in [4.69, 9.17) is 4.42 Å². The van der Waals surface area contributed by atoms with Gasteiger partial charge in [0.15, 0.2) is 0 Å². The Hall–Kier alpha value is -2.08. The molecule has 3 heterocycles. The van der Waals surface area contributed by atoms with E-state index in [0.29, 0.717) is 25.0 Å². The predicted octanol–water partition coefficient (Wildman–Crippen LogP) is 2.84. The first-order chi connectivity index (χ1) is 12.1. The van der Waals surface area contributed by atoms with Crippen molar-refractivity contribution in [3.05, 3.63) is 42.1 Å². The Morgan fingerprint density at radius 1 is 1.44 bits per heavy atom. The Morgan fingerprint density at radius 3 is 3.04 bits per heavy atom. The minimum Gasteiger partial charge on any atom is -0.467 e. The van der Waals surface area contributed by atoms with Crippen LogP contribution in [0.3, 0.4) is 0 Å². The Kier molecular flexibility index (Phi) is 5.91. The van der Waals surface area contributed by atoms with E-state index in [1.807, 2.05) is 24.3 Å². The Morgan fingerprint density at radius 2 is 2.32 bits per heavy atom. The van der Waals surface area contributed by atoms with E-state index in [0.717, 1.165) is 37.8 Å². The number of hydrogen-bond donors (Lipinski definition) is 1. The SMILES string of the molecule is Cn1cc(CCC(=O)N2CCCCCC2CC(O)c2ccco2)cn1. The van der Waals surface area contributed by atoms with Gasteiger partial charge in [0.05, 0.1) is 12.5 Å². The Bertz CT molecular complexity index is 665. The fourth-order valence-electron chi connectivity index (χ4n) is 3.60. The van der Waals surface area contributed by atoms with E-state index in [1.54, 1.807) is 23.1 Å². The van der Waals surface area contributed by atoms with Crippen LogP contribution >= 0.6 is 0 Å². The standard InChI is InChI=1S/C19H27N3O3/c1-21-14-15(13-20-21)8-9-19(24)22-10-4-2-3-6-16(22)12-17(23)18-7-5-11-25-18/h5,7,11,13-14,16-17,23H,2-4,6,8-10,12H2,1H3. The lowest BCUT2D eigenvalue weighted by Gasteiger charge is -2.31. The van der Waals surface area contributed by atoms with Gasteiger partial charge in [-0.2, -0.15) is 5.10 Å². The van der Waals surface area contributed by atoms with Crippen molar-refractivity contribution >= 4 is 5.91 Å². The lowest BCUT2D eigenvalue weighted by molar-refractivity contribution is -0.134. The van der Waals surface area contributed by atoms with Gasteiger partial charge in [-0.25, -0.2) is 0 Å². The molecule has 136 valence electrons. The third kappa shape index (κ3) is 4.72. The summed E-state index contributed by atoms with van der Waals surface area (Å²) in [6.07, 6.45) is 10.6. The van der Waals surface area contributed by atoms with Crippen molar-refractivity contribution in [2.24, 2.45) is 7.05 Å².